The lowest BCUT2D eigenvalue weighted by Gasteiger charge is -2.18. The summed E-state index contributed by atoms with van der Waals surface area (Å²) in [4.78, 5) is 27.6. The van der Waals surface area contributed by atoms with Crippen LogP contribution in [0.25, 0.3) is 0 Å². The van der Waals surface area contributed by atoms with Gasteiger partial charge in [0.25, 0.3) is 0 Å². The Hall–Kier alpha value is -2.73. The second kappa shape index (κ2) is 8.10. The van der Waals surface area contributed by atoms with Crippen molar-refractivity contribution >= 4 is 23.2 Å². The van der Waals surface area contributed by atoms with E-state index in [-0.39, 0.29) is 24.2 Å². The highest BCUT2D eigenvalue weighted by Crippen LogP contribution is 2.24. The summed E-state index contributed by atoms with van der Waals surface area (Å²) in [6.45, 7) is 1.20. The van der Waals surface area contributed by atoms with Crippen LogP contribution in [-0.2, 0) is 16.1 Å². The first kappa shape index (κ1) is 18.1. The van der Waals surface area contributed by atoms with Gasteiger partial charge in [-0.3, -0.25) is 14.5 Å². The van der Waals surface area contributed by atoms with Crippen LogP contribution < -0.4 is 10.2 Å². The van der Waals surface area contributed by atoms with Crippen molar-refractivity contribution in [3.63, 3.8) is 0 Å². The number of nitrogens with zero attached hydrogens (tertiary/aromatic N) is 2. The Morgan fingerprint density at radius 2 is 2.04 bits per heavy atom. The van der Waals surface area contributed by atoms with Crippen molar-refractivity contribution in [2.75, 3.05) is 30.4 Å². The molecule has 0 radical (unpaired) electrons. The average Bonchev–Trinajstić information content (AvgIpc) is 3.03. The van der Waals surface area contributed by atoms with Crippen LogP contribution >= 0.6 is 0 Å². The van der Waals surface area contributed by atoms with Gasteiger partial charge in [-0.05, 0) is 37.7 Å². The van der Waals surface area contributed by atoms with Crippen LogP contribution in [0, 0.1) is 5.82 Å². The molecule has 0 atom stereocenters. The lowest BCUT2D eigenvalue weighted by atomic mass is 10.2. The predicted molar refractivity (Wildman–Crippen MR) is 99.4 cm³/mol. The number of halogens is 1. The highest BCUT2D eigenvalue weighted by Gasteiger charge is 2.21. The smallest absolute Gasteiger partial charge is 0.238 e. The van der Waals surface area contributed by atoms with Crippen molar-refractivity contribution in [1.82, 2.24) is 4.90 Å². The Balaban J connectivity index is 1.58. The van der Waals surface area contributed by atoms with Gasteiger partial charge in [-0.1, -0.05) is 24.3 Å². The lowest BCUT2D eigenvalue weighted by Crippen LogP contribution is -2.30. The number of carbonyl (C=O) groups excluding carboxylic acids is 2. The maximum atomic E-state index is 13.7. The summed E-state index contributed by atoms with van der Waals surface area (Å²) in [6.07, 6.45) is 1.42. The number of amides is 2. The number of benzene rings is 2. The molecule has 26 heavy (non-hydrogen) atoms. The minimum atomic E-state index is -0.275. The number of anilines is 2. The Bertz CT molecular complexity index is 809. The molecular weight excluding hydrogens is 333 g/mol. The molecule has 3 rings (SSSR count). The third-order valence-corrected chi connectivity index (χ3v) is 4.33. The summed E-state index contributed by atoms with van der Waals surface area (Å²) in [5.41, 5.74) is 1.99. The lowest BCUT2D eigenvalue weighted by molar-refractivity contribution is -0.117. The number of rotatable bonds is 6. The number of hydrogen-bond donors (Lipinski definition) is 1. The predicted octanol–water partition coefficient (Wildman–Crippen LogP) is 3.02. The molecule has 1 heterocycles. The van der Waals surface area contributed by atoms with Gasteiger partial charge in [0.05, 0.1) is 6.54 Å². The molecule has 1 aliphatic rings. The second-order valence-corrected chi connectivity index (χ2v) is 6.51. The van der Waals surface area contributed by atoms with Crippen molar-refractivity contribution in [1.29, 1.82) is 0 Å². The normalized spacial score (nSPS) is 14.1. The van der Waals surface area contributed by atoms with E-state index in [4.69, 9.17) is 0 Å². The molecule has 0 unspecified atom stereocenters. The van der Waals surface area contributed by atoms with Gasteiger partial charge in [0.15, 0.2) is 0 Å². The molecule has 0 bridgehead atoms. The monoisotopic (exact) mass is 355 g/mol. The third kappa shape index (κ3) is 4.46. The quantitative estimate of drug-likeness (QED) is 0.867. The van der Waals surface area contributed by atoms with Crippen LogP contribution in [0.3, 0.4) is 0 Å². The van der Waals surface area contributed by atoms with Gasteiger partial charge in [-0.15, -0.1) is 0 Å². The van der Waals surface area contributed by atoms with E-state index in [1.165, 1.54) is 6.07 Å². The molecule has 2 aromatic rings. The molecule has 0 aliphatic carbocycles. The summed E-state index contributed by atoms with van der Waals surface area (Å²) in [5.74, 6) is -0.352. The van der Waals surface area contributed by atoms with Crippen molar-refractivity contribution in [3.05, 3.63) is 59.9 Å². The van der Waals surface area contributed by atoms with Crippen molar-refractivity contribution in [2.24, 2.45) is 0 Å². The topological polar surface area (TPSA) is 52.7 Å². The Labute approximate surface area is 152 Å². The van der Waals surface area contributed by atoms with Gasteiger partial charge in [0.1, 0.15) is 5.82 Å². The molecule has 1 fully saturated rings. The van der Waals surface area contributed by atoms with Gasteiger partial charge in [0.2, 0.25) is 11.8 Å². The highest BCUT2D eigenvalue weighted by molar-refractivity contribution is 5.97. The molecule has 1 aliphatic heterocycles. The van der Waals surface area contributed by atoms with Crippen LogP contribution in [0.15, 0.2) is 48.5 Å². The van der Waals surface area contributed by atoms with Gasteiger partial charge in [-0.25, -0.2) is 4.39 Å². The van der Waals surface area contributed by atoms with E-state index < -0.39 is 0 Å². The van der Waals surface area contributed by atoms with E-state index in [2.05, 4.69) is 5.32 Å². The van der Waals surface area contributed by atoms with Gasteiger partial charge >= 0.3 is 0 Å². The molecule has 0 saturated carbocycles. The molecule has 6 heteroatoms. The number of carbonyl (C=O) groups is 2. The first-order chi connectivity index (χ1) is 12.5. The fraction of sp³-hybridized carbons (Fsp3) is 0.300. The van der Waals surface area contributed by atoms with Crippen molar-refractivity contribution < 1.29 is 14.0 Å². The van der Waals surface area contributed by atoms with Crippen LogP contribution in [0.4, 0.5) is 15.8 Å². The zero-order valence-electron chi connectivity index (χ0n) is 14.7. The maximum Gasteiger partial charge on any atom is 0.238 e. The van der Waals surface area contributed by atoms with Crippen LogP contribution in [0.1, 0.15) is 18.4 Å². The number of likely N-dealkylation sites (N-methyl/N-ethyl adjacent to an activating group) is 1. The fourth-order valence-corrected chi connectivity index (χ4v) is 3.09. The van der Waals surface area contributed by atoms with E-state index in [0.717, 1.165) is 12.1 Å². The van der Waals surface area contributed by atoms with Gasteiger partial charge in [-0.2, -0.15) is 0 Å². The minimum Gasteiger partial charge on any atom is -0.325 e. The number of nitrogens with one attached hydrogen (secondary N) is 1. The van der Waals surface area contributed by atoms with Gasteiger partial charge < -0.3 is 10.2 Å². The standard InChI is InChI=1S/C20H22FN3O2/c1-23(13-15-6-2-3-9-18(15)21)14-19(25)22-16-7-4-8-17(12-16)24-11-5-10-20(24)26/h2-4,6-9,12H,5,10-11,13-14H2,1H3,(H,22,25). The summed E-state index contributed by atoms with van der Waals surface area (Å²) in [5, 5.41) is 2.84. The third-order valence-electron chi connectivity index (χ3n) is 4.33. The zero-order valence-corrected chi connectivity index (χ0v) is 14.7. The van der Waals surface area contributed by atoms with Crippen LogP contribution in [-0.4, -0.2) is 36.9 Å². The molecule has 2 amide bonds. The SMILES string of the molecule is CN(CC(=O)Nc1cccc(N2CCCC2=O)c1)Cc1ccccc1F. The summed E-state index contributed by atoms with van der Waals surface area (Å²) < 4.78 is 13.7. The van der Waals surface area contributed by atoms with Crippen molar-refractivity contribution in [3.8, 4) is 0 Å². The molecule has 1 N–H and O–H groups in total. The van der Waals surface area contributed by atoms with E-state index in [1.807, 2.05) is 12.1 Å². The number of hydrogen-bond acceptors (Lipinski definition) is 3. The molecule has 5 nitrogen and oxygen atoms in total. The summed E-state index contributed by atoms with van der Waals surface area (Å²) in [7, 11) is 1.77. The van der Waals surface area contributed by atoms with E-state index in [0.29, 0.717) is 30.8 Å². The van der Waals surface area contributed by atoms with E-state index in [9.17, 15) is 14.0 Å². The summed E-state index contributed by atoms with van der Waals surface area (Å²) in [6, 6.07) is 13.8. The Morgan fingerprint density at radius 3 is 2.77 bits per heavy atom. The second-order valence-electron chi connectivity index (χ2n) is 6.51. The van der Waals surface area contributed by atoms with Crippen molar-refractivity contribution in [2.45, 2.75) is 19.4 Å². The largest absolute Gasteiger partial charge is 0.325 e. The molecule has 0 aromatic heterocycles. The zero-order chi connectivity index (χ0) is 18.5. The van der Waals surface area contributed by atoms with Crippen LogP contribution in [0.2, 0.25) is 0 Å². The maximum absolute atomic E-state index is 13.7. The Kier molecular flexibility index (Phi) is 5.63. The molecule has 1 saturated heterocycles. The summed E-state index contributed by atoms with van der Waals surface area (Å²) >= 11 is 0. The average molecular weight is 355 g/mol. The van der Waals surface area contributed by atoms with Crippen LogP contribution in [0.5, 0.6) is 0 Å². The van der Waals surface area contributed by atoms with E-state index in [1.54, 1.807) is 47.2 Å². The molecule has 136 valence electrons. The molecular formula is C20H22FN3O2. The fourth-order valence-electron chi connectivity index (χ4n) is 3.09. The Morgan fingerprint density at radius 1 is 1.23 bits per heavy atom. The highest BCUT2D eigenvalue weighted by atomic mass is 19.1. The first-order valence-electron chi connectivity index (χ1n) is 8.65. The molecule has 2 aromatic carbocycles. The minimum absolute atomic E-state index is 0.109. The molecule has 0 spiro atoms. The van der Waals surface area contributed by atoms with E-state index >= 15 is 0 Å². The first-order valence-corrected chi connectivity index (χ1v) is 8.65. The van der Waals surface area contributed by atoms with Gasteiger partial charge in [0, 0.05) is 36.4 Å².